The van der Waals surface area contributed by atoms with Crippen molar-refractivity contribution in [2.24, 2.45) is 0 Å². The maximum atomic E-state index is 12.6. The van der Waals surface area contributed by atoms with E-state index in [4.69, 9.17) is 4.74 Å². The highest BCUT2D eigenvalue weighted by Gasteiger charge is 2.16. The van der Waals surface area contributed by atoms with Crippen LogP contribution in [-0.2, 0) is 0 Å². The largest absolute Gasteiger partial charge is 0.480 e. The van der Waals surface area contributed by atoms with Crippen molar-refractivity contribution < 1.29 is 9.53 Å². The van der Waals surface area contributed by atoms with Gasteiger partial charge in [-0.25, -0.2) is 9.97 Å². The Labute approximate surface area is 158 Å². The molecule has 134 valence electrons. The van der Waals surface area contributed by atoms with Crippen molar-refractivity contribution in [3.8, 4) is 17.4 Å². The van der Waals surface area contributed by atoms with E-state index in [1.165, 1.54) is 7.11 Å². The van der Waals surface area contributed by atoms with Crippen molar-refractivity contribution in [1.29, 1.82) is 0 Å². The fourth-order valence-electron chi connectivity index (χ4n) is 2.37. The molecule has 0 aliphatic heterocycles. The van der Waals surface area contributed by atoms with E-state index in [1.807, 2.05) is 24.5 Å². The van der Waals surface area contributed by atoms with Crippen LogP contribution in [0.1, 0.15) is 30.2 Å². The Morgan fingerprint density at radius 1 is 1.35 bits per heavy atom. The van der Waals surface area contributed by atoms with Crippen molar-refractivity contribution in [2.45, 2.75) is 19.9 Å². The molecule has 0 bridgehead atoms. The second kappa shape index (κ2) is 7.61. The monoisotopic (exact) mass is 416 g/mol. The lowest BCUT2D eigenvalue weighted by Gasteiger charge is -2.11. The number of aromatic nitrogens is 5. The van der Waals surface area contributed by atoms with Gasteiger partial charge in [-0.2, -0.15) is 0 Å². The summed E-state index contributed by atoms with van der Waals surface area (Å²) in [4.78, 5) is 21.1. The molecule has 3 rings (SSSR count). The van der Waals surface area contributed by atoms with Crippen LogP contribution >= 0.6 is 15.9 Å². The number of amides is 1. The highest BCUT2D eigenvalue weighted by atomic mass is 79.9. The SMILES string of the molecule is COc1ncc(Br)cc1C(=O)Nc1cccc(-c2nncn2C(C)C)n1. The van der Waals surface area contributed by atoms with Crippen LogP contribution in [0.3, 0.4) is 0 Å². The third kappa shape index (κ3) is 3.72. The minimum absolute atomic E-state index is 0.192. The van der Waals surface area contributed by atoms with Crippen molar-refractivity contribution >= 4 is 27.7 Å². The Balaban J connectivity index is 1.89. The van der Waals surface area contributed by atoms with Crippen molar-refractivity contribution in [2.75, 3.05) is 12.4 Å². The molecule has 0 aromatic carbocycles. The first kappa shape index (κ1) is 18.0. The Morgan fingerprint density at radius 2 is 2.15 bits per heavy atom. The molecule has 3 aromatic rings. The predicted molar refractivity (Wildman–Crippen MR) is 100 cm³/mol. The molecule has 1 N–H and O–H groups in total. The van der Waals surface area contributed by atoms with Crippen LogP contribution in [0.15, 0.2) is 41.3 Å². The van der Waals surface area contributed by atoms with Crippen LogP contribution in [0.4, 0.5) is 5.82 Å². The van der Waals surface area contributed by atoms with E-state index >= 15 is 0 Å². The van der Waals surface area contributed by atoms with Gasteiger partial charge >= 0.3 is 0 Å². The topological polar surface area (TPSA) is 94.8 Å². The molecule has 8 nitrogen and oxygen atoms in total. The zero-order valence-corrected chi connectivity index (χ0v) is 16.1. The van der Waals surface area contributed by atoms with Gasteiger partial charge < -0.3 is 14.6 Å². The van der Waals surface area contributed by atoms with Crippen LogP contribution < -0.4 is 10.1 Å². The molecular weight excluding hydrogens is 400 g/mol. The maximum Gasteiger partial charge on any atom is 0.262 e. The zero-order chi connectivity index (χ0) is 18.7. The van der Waals surface area contributed by atoms with E-state index < -0.39 is 0 Å². The number of methoxy groups -OCH3 is 1. The van der Waals surface area contributed by atoms with Crippen LogP contribution in [0.2, 0.25) is 0 Å². The van der Waals surface area contributed by atoms with Gasteiger partial charge in [0.2, 0.25) is 5.88 Å². The summed E-state index contributed by atoms with van der Waals surface area (Å²) >= 11 is 3.31. The Hall–Kier alpha value is -2.81. The number of carbonyl (C=O) groups is 1. The van der Waals surface area contributed by atoms with Gasteiger partial charge in [0.1, 0.15) is 23.4 Å². The average molecular weight is 417 g/mol. The summed E-state index contributed by atoms with van der Waals surface area (Å²) in [6.07, 6.45) is 3.22. The third-order valence-electron chi connectivity index (χ3n) is 3.60. The minimum Gasteiger partial charge on any atom is -0.480 e. The number of ether oxygens (including phenoxy) is 1. The smallest absolute Gasteiger partial charge is 0.262 e. The Morgan fingerprint density at radius 3 is 2.88 bits per heavy atom. The molecule has 0 fully saturated rings. The van der Waals surface area contributed by atoms with Crippen molar-refractivity contribution in [3.05, 3.63) is 46.8 Å². The van der Waals surface area contributed by atoms with Crippen LogP contribution in [0, 0.1) is 0 Å². The van der Waals surface area contributed by atoms with Gasteiger partial charge in [-0.1, -0.05) is 6.07 Å². The summed E-state index contributed by atoms with van der Waals surface area (Å²) in [5, 5.41) is 10.8. The second-order valence-electron chi connectivity index (χ2n) is 5.73. The summed E-state index contributed by atoms with van der Waals surface area (Å²) in [5.41, 5.74) is 0.924. The van der Waals surface area contributed by atoms with Gasteiger partial charge in [-0.05, 0) is 48.0 Å². The predicted octanol–water partition coefficient (Wildman–Crippen LogP) is 3.34. The molecule has 0 saturated carbocycles. The summed E-state index contributed by atoms with van der Waals surface area (Å²) in [5.74, 6) is 0.901. The second-order valence-corrected chi connectivity index (χ2v) is 6.64. The lowest BCUT2D eigenvalue weighted by atomic mass is 10.2. The van der Waals surface area contributed by atoms with Gasteiger partial charge in [0.25, 0.3) is 5.91 Å². The molecule has 0 spiro atoms. The first-order valence-corrected chi connectivity index (χ1v) is 8.66. The molecule has 3 aromatic heterocycles. The minimum atomic E-state index is -0.370. The molecule has 0 atom stereocenters. The lowest BCUT2D eigenvalue weighted by Crippen LogP contribution is -2.15. The maximum absolute atomic E-state index is 12.6. The standard InChI is InChI=1S/C17H17BrN6O2/c1-10(2)24-9-20-23-15(24)13-5-4-6-14(21-13)22-16(25)12-7-11(18)8-19-17(12)26-3/h4-10H,1-3H3,(H,21,22,25). The Kier molecular flexibility index (Phi) is 5.27. The highest BCUT2D eigenvalue weighted by Crippen LogP contribution is 2.22. The number of pyridine rings is 2. The van der Waals surface area contributed by atoms with Crippen LogP contribution in [0.5, 0.6) is 5.88 Å². The number of halogens is 1. The van der Waals surface area contributed by atoms with Crippen molar-refractivity contribution in [3.63, 3.8) is 0 Å². The van der Waals surface area contributed by atoms with E-state index in [0.717, 1.165) is 0 Å². The Bertz CT molecular complexity index is 941. The number of nitrogens with one attached hydrogen (secondary N) is 1. The fourth-order valence-corrected chi connectivity index (χ4v) is 2.70. The van der Waals surface area contributed by atoms with E-state index in [9.17, 15) is 4.79 Å². The number of rotatable bonds is 5. The first-order chi connectivity index (χ1) is 12.5. The molecule has 3 heterocycles. The summed E-state index contributed by atoms with van der Waals surface area (Å²) in [6, 6.07) is 7.15. The van der Waals surface area contributed by atoms with Crippen molar-refractivity contribution in [1.82, 2.24) is 24.7 Å². The summed E-state index contributed by atoms with van der Waals surface area (Å²) < 4.78 is 7.74. The van der Waals surface area contributed by atoms with Gasteiger partial charge in [0.15, 0.2) is 5.82 Å². The lowest BCUT2D eigenvalue weighted by molar-refractivity contribution is 0.102. The number of hydrogen-bond donors (Lipinski definition) is 1. The van der Waals surface area contributed by atoms with Gasteiger partial charge in [0, 0.05) is 16.7 Å². The summed E-state index contributed by atoms with van der Waals surface area (Å²) in [7, 11) is 1.46. The normalized spacial score (nSPS) is 10.8. The van der Waals surface area contributed by atoms with Gasteiger partial charge in [-0.15, -0.1) is 10.2 Å². The molecule has 0 aliphatic carbocycles. The van der Waals surface area contributed by atoms with Crippen LogP contribution in [-0.4, -0.2) is 37.7 Å². The third-order valence-corrected chi connectivity index (χ3v) is 4.04. The molecule has 0 radical (unpaired) electrons. The number of carbonyl (C=O) groups excluding carboxylic acids is 1. The molecule has 1 amide bonds. The van der Waals surface area contributed by atoms with Gasteiger partial charge in [0.05, 0.1) is 7.11 Å². The molecule has 0 aliphatic rings. The molecular formula is C17H17BrN6O2. The average Bonchev–Trinajstić information content (AvgIpc) is 3.12. The van der Waals surface area contributed by atoms with E-state index in [-0.39, 0.29) is 17.8 Å². The zero-order valence-electron chi connectivity index (χ0n) is 14.5. The van der Waals surface area contributed by atoms with E-state index in [1.54, 1.807) is 30.7 Å². The van der Waals surface area contributed by atoms with E-state index in [2.05, 4.69) is 41.4 Å². The first-order valence-electron chi connectivity index (χ1n) is 7.87. The summed E-state index contributed by atoms with van der Waals surface area (Å²) in [6.45, 7) is 4.07. The molecule has 26 heavy (non-hydrogen) atoms. The molecule has 9 heteroatoms. The highest BCUT2D eigenvalue weighted by molar-refractivity contribution is 9.10. The van der Waals surface area contributed by atoms with E-state index in [0.29, 0.717) is 27.4 Å². The number of nitrogens with zero attached hydrogens (tertiary/aromatic N) is 5. The molecule has 0 saturated heterocycles. The quantitative estimate of drug-likeness (QED) is 0.684. The molecule has 0 unspecified atom stereocenters. The van der Waals surface area contributed by atoms with Crippen LogP contribution in [0.25, 0.3) is 11.5 Å². The fraction of sp³-hybridized carbons (Fsp3) is 0.235. The number of anilines is 1. The number of hydrogen-bond acceptors (Lipinski definition) is 6. The van der Waals surface area contributed by atoms with Gasteiger partial charge in [-0.3, -0.25) is 4.79 Å².